The Bertz CT molecular complexity index is 381. The van der Waals surface area contributed by atoms with Gasteiger partial charge >= 0.3 is 5.97 Å². The largest absolute Gasteiger partial charge is 0.480 e. The van der Waals surface area contributed by atoms with Crippen LogP contribution in [0.15, 0.2) is 0 Å². The van der Waals surface area contributed by atoms with E-state index >= 15 is 0 Å². The fraction of sp³-hybridized carbons (Fsp3) is 0.800. The van der Waals surface area contributed by atoms with Gasteiger partial charge in [-0.05, 0) is 31.6 Å². The van der Waals surface area contributed by atoms with Crippen molar-refractivity contribution < 1.29 is 14.7 Å². The topological polar surface area (TPSA) is 90.3 Å². The lowest BCUT2D eigenvalue weighted by Crippen LogP contribution is -2.47. The molecule has 0 radical (unpaired) electrons. The number of rotatable bonds is 7. The smallest absolute Gasteiger partial charge is 0.326 e. The Morgan fingerprint density at radius 1 is 1.20 bits per heavy atom. The van der Waals surface area contributed by atoms with Crippen molar-refractivity contribution in [2.24, 2.45) is 10.8 Å². The first-order chi connectivity index (χ1) is 8.85. The van der Waals surface area contributed by atoms with E-state index in [4.69, 9.17) is 10.5 Å². The molecular weight excluding hydrogens is 256 g/mol. The Hall–Kier alpha value is -1.39. The summed E-state index contributed by atoms with van der Waals surface area (Å²) in [5.74, 6) is -1.30. The van der Waals surface area contributed by atoms with Gasteiger partial charge in [0.2, 0.25) is 5.91 Å². The van der Waals surface area contributed by atoms with E-state index in [1.165, 1.54) is 0 Å². The first-order valence-corrected chi connectivity index (χ1v) is 6.93. The highest BCUT2D eigenvalue weighted by Crippen LogP contribution is 2.33. The summed E-state index contributed by atoms with van der Waals surface area (Å²) in [6, 6.07) is -0.929. The van der Waals surface area contributed by atoms with E-state index < -0.39 is 17.4 Å². The molecule has 0 aliphatic heterocycles. The quantitative estimate of drug-likeness (QED) is 0.628. The lowest BCUT2D eigenvalue weighted by molar-refractivity contribution is -0.144. The minimum Gasteiger partial charge on any atom is -0.480 e. The maximum Gasteiger partial charge on any atom is 0.326 e. The van der Waals surface area contributed by atoms with E-state index in [1.54, 1.807) is 6.92 Å². The summed E-state index contributed by atoms with van der Waals surface area (Å²) in [7, 11) is 0. The molecule has 20 heavy (non-hydrogen) atoms. The standard InChI is InChI=1S/C15H28N2O3/c1-10(16)7-8-11(12(18)19)17-13(20)15(5,6)9-14(2,3)4/h11,16H,7-9H2,1-6H3,(H,17,20)(H,18,19)/t11-/m1/s1. The highest BCUT2D eigenvalue weighted by atomic mass is 16.4. The van der Waals surface area contributed by atoms with Crippen LogP contribution >= 0.6 is 0 Å². The number of carbonyl (C=O) groups is 2. The van der Waals surface area contributed by atoms with Crippen LogP contribution in [0.3, 0.4) is 0 Å². The minimum absolute atomic E-state index is 0.00882. The van der Waals surface area contributed by atoms with Crippen LogP contribution in [0.25, 0.3) is 0 Å². The first kappa shape index (κ1) is 18.6. The Morgan fingerprint density at radius 3 is 2.05 bits per heavy atom. The summed E-state index contributed by atoms with van der Waals surface area (Å²) in [6.07, 6.45) is 1.29. The van der Waals surface area contributed by atoms with E-state index in [9.17, 15) is 9.59 Å². The highest BCUT2D eigenvalue weighted by Gasteiger charge is 2.34. The Morgan fingerprint density at radius 2 is 1.70 bits per heavy atom. The first-order valence-electron chi connectivity index (χ1n) is 6.93. The lowest BCUT2D eigenvalue weighted by Gasteiger charge is -2.32. The van der Waals surface area contributed by atoms with E-state index in [-0.39, 0.29) is 17.7 Å². The van der Waals surface area contributed by atoms with Crippen molar-refractivity contribution in [3.05, 3.63) is 0 Å². The number of carboxylic acids is 1. The van der Waals surface area contributed by atoms with Gasteiger partial charge in [0.15, 0.2) is 0 Å². The molecule has 1 amide bonds. The molecule has 0 spiro atoms. The minimum atomic E-state index is -1.05. The van der Waals surface area contributed by atoms with E-state index in [0.717, 1.165) is 0 Å². The van der Waals surface area contributed by atoms with Gasteiger partial charge in [-0.2, -0.15) is 0 Å². The van der Waals surface area contributed by atoms with Crippen LogP contribution in [0, 0.1) is 16.2 Å². The van der Waals surface area contributed by atoms with Gasteiger partial charge in [-0.3, -0.25) is 4.79 Å². The lowest BCUT2D eigenvalue weighted by atomic mass is 9.75. The van der Waals surface area contributed by atoms with Gasteiger partial charge in [0.05, 0.1) is 0 Å². The third kappa shape index (κ3) is 7.26. The number of nitrogens with one attached hydrogen (secondary N) is 2. The molecule has 0 aliphatic rings. The van der Waals surface area contributed by atoms with Crippen molar-refractivity contribution in [2.45, 2.75) is 66.8 Å². The molecule has 0 rings (SSSR count). The van der Waals surface area contributed by atoms with Crippen LogP contribution < -0.4 is 5.32 Å². The van der Waals surface area contributed by atoms with Crippen LogP contribution in [-0.2, 0) is 9.59 Å². The third-order valence-corrected chi connectivity index (χ3v) is 3.00. The average molecular weight is 284 g/mol. The number of carboxylic acid groups (broad SMARTS) is 1. The molecule has 0 aromatic rings. The summed E-state index contributed by atoms with van der Waals surface area (Å²) in [4.78, 5) is 23.4. The molecule has 5 heteroatoms. The molecule has 0 bridgehead atoms. The summed E-state index contributed by atoms with van der Waals surface area (Å²) in [6.45, 7) is 11.4. The van der Waals surface area contributed by atoms with E-state index in [2.05, 4.69) is 26.1 Å². The maximum absolute atomic E-state index is 12.3. The predicted molar refractivity (Wildman–Crippen MR) is 80.1 cm³/mol. The summed E-state index contributed by atoms with van der Waals surface area (Å²) in [5, 5.41) is 19.1. The van der Waals surface area contributed by atoms with Gasteiger partial charge in [0.1, 0.15) is 6.04 Å². The fourth-order valence-electron chi connectivity index (χ4n) is 2.38. The van der Waals surface area contributed by atoms with E-state index in [1.807, 2.05) is 13.8 Å². The van der Waals surface area contributed by atoms with Crippen molar-refractivity contribution in [1.29, 1.82) is 5.41 Å². The molecule has 0 fully saturated rings. The van der Waals surface area contributed by atoms with E-state index in [0.29, 0.717) is 18.6 Å². The number of hydrogen-bond acceptors (Lipinski definition) is 3. The van der Waals surface area contributed by atoms with Crippen molar-refractivity contribution in [1.82, 2.24) is 5.32 Å². The molecule has 0 unspecified atom stereocenters. The zero-order chi connectivity index (χ0) is 16.1. The monoisotopic (exact) mass is 284 g/mol. The molecule has 0 aliphatic carbocycles. The Balaban J connectivity index is 4.74. The summed E-state index contributed by atoms with van der Waals surface area (Å²) < 4.78 is 0. The Labute approximate surface area is 121 Å². The third-order valence-electron chi connectivity index (χ3n) is 3.00. The van der Waals surface area contributed by atoms with Crippen LogP contribution in [0.1, 0.15) is 60.8 Å². The van der Waals surface area contributed by atoms with Gasteiger partial charge in [0.25, 0.3) is 0 Å². The molecule has 0 aromatic heterocycles. The van der Waals surface area contributed by atoms with Gasteiger partial charge in [-0.1, -0.05) is 34.6 Å². The van der Waals surface area contributed by atoms with Crippen LogP contribution in [0.4, 0.5) is 0 Å². The normalized spacial score (nSPS) is 13.7. The molecule has 0 saturated carbocycles. The SMILES string of the molecule is CC(=N)CC[C@@H](NC(=O)C(C)(C)CC(C)(C)C)C(=O)O. The highest BCUT2D eigenvalue weighted by molar-refractivity contribution is 5.87. The van der Waals surface area contributed by atoms with Crippen LogP contribution in [0.5, 0.6) is 0 Å². The molecule has 0 saturated heterocycles. The number of hydrogen-bond donors (Lipinski definition) is 3. The van der Waals surface area contributed by atoms with Gasteiger partial charge in [0, 0.05) is 11.1 Å². The van der Waals surface area contributed by atoms with Crippen molar-refractivity contribution in [2.75, 3.05) is 0 Å². The molecule has 116 valence electrons. The molecule has 0 heterocycles. The maximum atomic E-state index is 12.3. The van der Waals surface area contributed by atoms with Crippen molar-refractivity contribution in [3.8, 4) is 0 Å². The van der Waals surface area contributed by atoms with Crippen molar-refractivity contribution in [3.63, 3.8) is 0 Å². The second kappa shape index (κ2) is 6.86. The van der Waals surface area contributed by atoms with Gasteiger partial charge in [-0.25, -0.2) is 4.79 Å². The zero-order valence-electron chi connectivity index (χ0n) is 13.5. The van der Waals surface area contributed by atoms with Gasteiger partial charge < -0.3 is 15.8 Å². The van der Waals surface area contributed by atoms with Crippen LogP contribution in [-0.4, -0.2) is 28.7 Å². The average Bonchev–Trinajstić information content (AvgIpc) is 2.19. The molecule has 1 atom stereocenters. The molecule has 3 N–H and O–H groups in total. The van der Waals surface area contributed by atoms with Crippen molar-refractivity contribution >= 4 is 17.6 Å². The number of carbonyl (C=O) groups excluding carboxylic acids is 1. The summed E-state index contributed by atoms with van der Waals surface area (Å²) >= 11 is 0. The fourth-order valence-corrected chi connectivity index (χ4v) is 2.38. The second-order valence-electron chi connectivity index (χ2n) is 7.30. The predicted octanol–water partition coefficient (Wildman–Crippen LogP) is 2.84. The second-order valence-corrected chi connectivity index (χ2v) is 7.30. The number of aliphatic carboxylic acids is 1. The number of amides is 1. The Kier molecular flexibility index (Phi) is 6.38. The molecule has 5 nitrogen and oxygen atoms in total. The van der Waals surface area contributed by atoms with Crippen LogP contribution in [0.2, 0.25) is 0 Å². The molecular formula is C15H28N2O3. The summed E-state index contributed by atoms with van der Waals surface area (Å²) in [5.41, 5.74) is -0.212. The zero-order valence-corrected chi connectivity index (χ0v) is 13.5. The van der Waals surface area contributed by atoms with Gasteiger partial charge in [-0.15, -0.1) is 0 Å². The molecule has 0 aromatic carbocycles.